The number of hydrogen-bond acceptors (Lipinski definition) is 6. The molecule has 0 aliphatic heterocycles. The number of aliphatic hydroxyl groups is 2. The van der Waals surface area contributed by atoms with Crippen LogP contribution in [0.1, 0.15) is 76.1 Å². The van der Waals surface area contributed by atoms with Gasteiger partial charge in [0.1, 0.15) is 17.1 Å². The molecular weight excluding hydrogens is 567 g/mol. The van der Waals surface area contributed by atoms with E-state index in [-0.39, 0.29) is 25.4 Å². The Morgan fingerprint density at radius 1 is 0.977 bits per heavy atom. The van der Waals surface area contributed by atoms with Crippen molar-refractivity contribution in [2.45, 2.75) is 77.7 Å². The quantitative estimate of drug-likeness (QED) is 0.185. The standard InChI is InChI=1S/C34H41FN2O7/c1-21(2)37-27(16-15-25(38)19-26(39)20-28(40)41)30(23-11-13-24(35)14-12-23)31(22-9-7-6-8-10-22)32(37)33(43)36-18-17-29(42)44-34(3,4)5/h6-16,21,25-26,38-39H,17-20H2,1-5H3,(H,36,43)(H,40,41)/b16-15+/t25-,26-/m1/s1. The molecule has 0 fully saturated rings. The number of nitrogens with one attached hydrogen (secondary N) is 1. The number of aliphatic hydroxyl groups excluding tert-OH is 2. The number of ether oxygens (including phenoxy) is 1. The molecule has 1 amide bonds. The van der Waals surface area contributed by atoms with E-state index in [0.717, 1.165) is 5.56 Å². The maximum Gasteiger partial charge on any atom is 0.308 e. The molecular formula is C34H41FN2O7. The number of aliphatic carboxylic acids is 1. The van der Waals surface area contributed by atoms with Crippen molar-refractivity contribution in [3.63, 3.8) is 0 Å². The number of hydrogen-bond donors (Lipinski definition) is 4. The van der Waals surface area contributed by atoms with Crippen LogP contribution in [0.4, 0.5) is 4.39 Å². The van der Waals surface area contributed by atoms with Crippen LogP contribution >= 0.6 is 0 Å². The van der Waals surface area contributed by atoms with Crippen LogP contribution in [0.2, 0.25) is 0 Å². The molecule has 3 aromatic rings. The smallest absolute Gasteiger partial charge is 0.308 e. The van der Waals surface area contributed by atoms with E-state index < -0.39 is 47.9 Å². The first kappa shape index (κ1) is 34.2. The van der Waals surface area contributed by atoms with Gasteiger partial charge < -0.3 is 29.9 Å². The predicted molar refractivity (Wildman–Crippen MR) is 166 cm³/mol. The summed E-state index contributed by atoms with van der Waals surface area (Å²) in [5.41, 5.74) is 2.69. The summed E-state index contributed by atoms with van der Waals surface area (Å²) in [5.74, 6) is -2.51. The number of rotatable bonds is 13. The van der Waals surface area contributed by atoms with Crippen LogP contribution in [0, 0.1) is 5.82 Å². The maximum atomic E-state index is 14.0. The number of benzene rings is 2. The lowest BCUT2D eigenvalue weighted by Crippen LogP contribution is -2.31. The van der Waals surface area contributed by atoms with E-state index in [4.69, 9.17) is 9.84 Å². The zero-order valence-corrected chi connectivity index (χ0v) is 25.7. The van der Waals surface area contributed by atoms with E-state index in [0.29, 0.717) is 28.1 Å². The van der Waals surface area contributed by atoms with Crippen molar-refractivity contribution >= 4 is 23.9 Å². The van der Waals surface area contributed by atoms with Crippen molar-refractivity contribution in [1.29, 1.82) is 0 Å². The predicted octanol–water partition coefficient (Wildman–Crippen LogP) is 5.60. The molecule has 236 valence electrons. The zero-order chi connectivity index (χ0) is 32.6. The number of carbonyl (C=O) groups excluding carboxylic acids is 2. The van der Waals surface area contributed by atoms with Gasteiger partial charge in [0.05, 0.1) is 25.0 Å². The van der Waals surface area contributed by atoms with Gasteiger partial charge in [0, 0.05) is 35.8 Å². The van der Waals surface area contributed by atoms with Crippen molar-refractivity contribution in [2.24, 2.45) is 0 Å². The number of carboxylic acid groups (broad SMARTS) is 1. The molecule has 0 aliphatic rings. The van der Waals surface area contributed by atoms with E-state index >= 15 is 0 Å². The van der Waals surface area contributed by atoms with E-state index in [2.05, 4.69) is 5.32 Å². The number of carboxylic acids is 1. The topological polar surface area (TPSA) is 138 Å². The minimum Gasteiger partial charge on any atom is -0.481 e. The van der Waals surface area contributed by atoms with Crippen molar-refractivity contribution in [2.75, 3.05) is 6.54 Å². The molecule has 3 rings (SSSR count). The van der Waals surface area contributed by atoms with Gasteiger partial charge in [-0.2, -0.15) is 0 Å². The van der Waals surface area contributed by atoms with Crippen LogP contribution in [0.25, 0.3) is 28.3 Å². The highest BCUT2D eigenvalue weighted by atomic mass is 19.1. The minimum atomic E-state index is -1.26. The summed E-state index contributed by atoms with van der Waals surface area (Å²) in [6.07, 6.45) is -0.139. The second-order valence-electron chi connectivity index (χ2n) is 11.8. The largest absolute Gasteiger partial charge is 0.481 e. The Labute approximate surface area is 257 Å². The summed E-state index contributed by atoms with van der Waals surface area (Å²) < 4.78 is 21.2. The number of aromatic nitrogens is 1. The molecule has 4 N–H and O–H groups in total. The molecule has 2 aromatic carbocycles. The highest BCUT2D eigenvalue weighted by molar-refractivity contribution is 6.06. The first-order valence-electron chi connectivity index (χ1n) is 14.5. The summed E-state index contributed by atoms with van der Waals surface area (Å²) in [6.45, 7) is 9.11. The van der Waals surface area contributed by atoms with Gasteiger partial charge >= 0.3 is 11.9 Å². The summed E-state index contributed by atoms with van der Waals surface area (Å²) in [5, 5.41) is 32.5. The summed E-state index contributed by atoms with van der Waals surface area (Å²) in [7, 11) is 0. The van der Waals surface area contributed by atoms with Crippen LogP contribution in [0.3, 0.4) is 0 Å². The fourth-order valence-electron chi connectivity index (χ4n) is 4.92. The molecule has 0 spiro atoms. The highest BCUT2D eigenvalue weighted by Gasteiger charge is 2.29. The van der Waals surface area contributed by atoms with Crippen LogP contribution in [0.15, 0.2) is 60.7 Å². The number of nitrogens with zero attached hydrogens (tertiary/aromatic N) is 1. The van der Waals surface area contributed by atoms with E-state index in [1.165, 1.54) is 18.2 Å². The molecule has 44 heavy (non-hydrogen) atoms. The van der Waals surface area contributed by atoms with Gasteiger partial charge in [-0.25, -0.2) is 4.39 Å². The minimum absolute atomic E-state index is 0.0302. The Bertz CT molecular complexity index is 1470. The average Bonchev–Trinajstić information content (AvgIpc) is 3.27. The van der Waals surface area contributed by atoms with Crippen LogP contribution < -0.4 is 5.32 Å². The summed E-state index contributed by atoms with van der Waals surface area (Å²) in [6, 6.07) is 14.8. The van der Waals surface area contributed by atoms with Crippen molar-refractivity contribution in [3.05, 3.63) is 77.9 Å². The molecule has 1 aromatic heterocycles. The molecule has 0 radical (unpaired) electrons. The molecule has 0 saturated heterocycles. The van der Waals surface area contributed by atoms with Crippen molar-refractivity contribution < 1.29 is 38.8 Å². The Morgan fingerprint density at radius 2 is 1.59 bits per heavy atom. The van der Waals surface area contributed by atoms with Gasteiger partial charge in [-0.1, -0.05) is 48.5 Å². The Kier molecular flexibility index (Phi) is 11.6. The third-order valence-corrected chi connectivity index (χ3v) is 6.60. The van der Waals surface area contributed by atoms with Gasteiger partial charge in [-0.15, -0.1) is 0 Å². The molecule has 10 heteroatoms. The summed E-state index contributed by atoms with van der Waals surface area (Å²) in [4.78, 5) is 37.2. The number of esters is 1. The first-order valence-corrected chi connectivity index (χ1v) is 14.5. The van der Waals surface area contributed by atoms with E-state index in [1.807, 2.05) is 44.2 Å². The average molecular weight is 609 g/mol. The van der Waals surface area contributed by atoms with Crippen molar-refractivity contribution in [3.8, 4) is 22.3 Å². The molecule has 1 heterocycles. The Morgan fingerprint density at radius 3 is 2.16 bits per heavy atom. The van der Waals surface area contributed by atoms with Crippen LogP contribution in [0.5, 0.6) is 0 Å². The molecule has 0 unspecified atom stereocenters. The third-order valence-electron chi connectivity index (χ3n) is 6.60. The normalized spacial score (nSPS) is 13.2. The SMILES string of the molecule is CC(C)n1c(/C=C/[C@@H](O)C[C@@H](O)CC(=O)O)c(-c2ccc(F)cc2)c(-c2ccccc2)c1C(=O)NCCC(=O)OC(C)(C)C. The highest BCUT2D eigenvalue weighted by Crippen LogP contribution is 2.42. The second kappa shape index (κ2) is 14.9. The van der Waals surface area contributed by atoms with Crippen molar-refractivity contribution in [1.82, 2.24) is 9.88 Å². The molecule has 0 bridgehead atoms. The molecule has 0 saturated carbocycles. The lowest BCUT2D eigenvalue weighted by atomic mass is 9.94. The Hall–Kier alpha value is -4.28. The fraction of sp³-hybridized carbons (Fsp3) is 0.382. The van der Waals surface area contributed by atoms with Gasteiger partial charge in [-0.3, -0.25) is 14.4 Å². The number of carbonyl (C=O) groups is 3. The molecule has 2 atom stereocenters. The van der Waals surface area contributed by atoms with E-state index in [9.17, 15) is 29.0 Å². The van der Waals surface area contributed by atoms with Crippen LogP contribution in [-0.2, 0) is 14.3 Å². The number of halogens is 1. The Balaban J connectivity index is 2.18. The van der Waals surface area contributed by atoms with Gasteiger partial charge in [-0.05, 0) is 64.0 Å². The number of amides is 1. The second-order valence-corrected chi connectivity index (χ2v) is 11.8. The third kappa shape index (κ3) is 9.36. The lowest BCUT2D eigenvalue weighted by Gasteiger charge is -2.20. The molecule has 0 aliphatic carbocycles. The van der Waals surface area contributed by atoms with Gasteiger partial charge in [0.2, 0.25) is 0 Å². The van der Waals surface area contributed by atoms with Gasteiger partial charge in [0.15, 0.2) is 0 Å². The first-order chi connectivity index (χ1) is 20.7. The van der Waals surface area contributed by atoms with Crippen LogP contribution in [-0.4, -0.2) is 62.1 Å². The maximum absolute atomic E-state index is 14.0. The van der Waals surface area contributed by atoms with E-state index in [1.54, 1.807) is 43.5 Å². The molecule has 9 nitrogen and oxygen atoms in total. The zero-order valence-electron chi connectivity index (χ0n) is 25.7. The fourth-order valence-corrected chi connectivity index (χ4v) is 4.92. The monoisotopic (exact) mass is 608 g/mol. The van der Waals surface area contributed by atoms with Gasteiger partial charge in [0.25, 0.3) is 5.91 Å². The summed E-state index contributed by atoms with van der Waals surface area (Å²) >= 11 is 0. The lowest BCUT2D eigenvalue weighted by molar-refractivity contribution is -0.154.